The normalized spacial score (nSPS) is 16.8. The number of hydrogen-bond acceptors (Lipinski definition) is 2. The van der Waals surface area contributed by atoms with Gasteiger partial charge in [0.1, 0.15) is 0 Å². The first-order valence-electron chi connectivity index (χ1n) is 6.03. The Morgan fingerprint density at radius 1 is 1.12 bits per heavy atom. The number of aromatic nitrogens is 1. The van der Waals surface area contributed by atoms with Crippen LogP contribution >= 0.6 is 0 Å². The molecule has 1 aliphatic rings. The predicted molar refractivity (Wildman–Crippen MR) is 67.6 cm³/mol. The Kier molecular flexibility index (Phi) is 2.49. The maximum atomic E-state index is 4.46. The summed E-state index contributed by atoms with van der Waals surface area (Å²) >= 11 is 0. The molecule has 1 fully saturated rings. The molecular formula is C14H16N2. The molecule has 0 saturated heterocycles. The fourth-order valence-electron chi connectivity index (χ4n) is 2.46. The molecule has 82 valence electrons. The SMILES string of the molecule is c1ccc2ncc(NC3CCCC3)cc2c1. The van der Waals surface area contributed by atoms with Crippen LogP contribution in [0.1, 0.15) is 25.7 Å². The van der Waals surface area contributed by atoms with Gasteiger partial charge in [-0.05, 0) is 25.0 Å². The van der Waals surface area contributed by atoms with E-state index in [0.717, 1.165) is 11.2 Å². The molecule has 0 spiro atoms. The van der Waals surface area contributed by atoms with E-state index in [1.807, 2.05) is 12.3 Å². The van der Waals surface area contributed by atoms with Gasteiger partial charge in [0.15, 0.2) is 0 Å². The van der Waals surface area contributed by atoms with Gasteiger partial charge in [-0.1, -0.05) is 31.0 Å². The molecule has 1 N–H and O–H groups in total. The van der Waals surface area contributed by atoms with Crippen LogP contribution in [-0.2, 0) is 0 Å². The lowest BCUT2D eigenvalue weighted by molar-refractivity contribution is 0.755. The lowest BCUT2D eigenvalue weighted by atomic mass is 10.2. The van der Waals surface area contributed by atoms with Gasteiger partial charge >= 0.3 is 0 Å². The number of pyridine rings is 1. The molecule has 0 bridgehead atoms. The summed E-state index contributed by atoms with van der Waals surface area (Å²) < 4.78 is 0. The first-order valence-corrected chi connectivity index (χ1v) is 6.03. The molecule has 0 unspecified atom stereocenters. The van der Waals surface area contributed by atoms with E-state index in [0.29, 0.717) is 6.04 Å². The van der Waals surface area contributed by atoms with Crippen LogP contribution in [0.4, 0.5) is 5.69 Å². The molecule has 2 aromatic rings. The third kappa shape index (κ3) is 1.87. The van der Waals surface area contributed by atoms with Gasteiger partial charge in [0.25, 0.3) is 0 Å². The summed E-state index contributed by atoms with van der Waals surface area (Å²) in [4.78, 5) is 4.46. The fraction of sp³-hybridized carbons (Fsp3) is 0.357. The molecule has 1 aliphatic carbocycles. The molecule has 1 aromatic heterocycles. The first-order chi connectivity index (χ1) is 7.92. The van der Waals surface area contributed by atoms with Crippen molar-refractivity contribution < 1.29 is 0 Å². The summed E-state index contributed by atoms with van der Waals surface area (Å²) in [6.45, 7) is 0. The van der Waals surface area contributed by atoms with Crippen molar-refractivity contribution in [1.82, 2.24) is 4.98 Å². The quantitative estimate of drug-likeness (QED) is 0.822. The minimum absolute atomic E-state index is 0.656. The van der Waals surface area contributed by atoms with Gasteiger partial charge in [0.2, 0.25) is 0 Å². The average Bonchev–Trinajstić information content (AvgIpc) is 2.82. The largest absolute Gasteiger partial charge is 0.381 e. The van der Waals surface area contributed by atoms with Gasteiger partial charge in [-0.25, -0.2) is 0 Å². The predicted octanol–water partition coefficient (Wildman–Crippen LogP) is 3.59. The van der Waals surface area contributed by atoms with E-state index in [1.54, 1.807) is 0 Å². The van der Waals surface area contributed by atoms with E-state index in [-0.39, 0.29) is 0 Å². The number of rotatable bonds is 2. The second-order valence-corrected chi connectivity index (χ2v) is 4.54. The van der Waals surface area contributed by atoms with Crippen molar-refractivity contribution in [3.05, 3.63) is 36.5 Å². The third-order valence-corrected chi connectivity index (χ3v) is 3.32. The van der Waals surface area contributed by atoms with Crippen LogP contribution in [0.25, 0.3) is 10.9 Å². The number of fused-ring (bicyclic) bond motifs is 1. The second kappa shape index (κ2) is 4.12. The summed E-state index contributed by atoms with van der Waals surface area (Å²) in [7, 11) is 0. The Morgan fingerprint density at radius 2 is 1.94 bits per heavy atom. The maximum absolute atomic E-state index is 4.46. The first kappa shape index (κ1) is 9.64. The van der Waals surface area contributed by atoms with Gasteiger partial charge in [-0.3, -0.25) is 4.98 Å². The highest BCUT2D eigenvalue weighted by Gasteiger charge is 2.14. The van der Waals surface area contributed by atoms with Crippen molar-refractivity contribution in [3.8, 4) is 0 Å². The number of para-hydroxylation sites is 1. The Hall–Kier alpha value is -1.57. The van der Waals surface area contributed by atoms with Crippen molar-refractivity contribution in [1.29, 1.82) is 0 Å². The van der Waals surface area contributed by atoms with E-state index < -0.39 is 0 Å². The highest BCUT2D eigenvalue weighted by molar-refractivity contribution is 5.81. The van der Waals surface area contributed by atoms with Crippen LogP contribution in [0.5, 0.6) is 0 Å². The van der Waals surface area contributed by atoms with Gasteiger partial charge in [-0.2, -0.15) is 0 Å². The minimum atomic E-state index is 0.656. The second-order valence-electron chi connectivity index (χ2n) is 4.54. The van der Waals surface area contributed by atoms with Gasteiger partial charge in [-0.15, -0.1) is 0 Å². The molecule has 1 heterocycles. The zero-order valence-corrected chi connectivity index (χ0v) is 9.32. The summed E-state index contributed by atoms with van der Waals surface area (Å²) in [5, 5.41) is 4.78. The Morgan fingerprint density at radius 3 is 2.81 bits per heavy atom. The number of hydrogen-bond donors (Lipinski definition) is 1. The minimum Gasteiger partial charge on any atom is -0.381 e. The highest BCUT2D eigenvalue weighted by Crippen LogP contribution is 2.23. The molecular weight excluding hydrogens is 196 g/mol. The van der Waals surface area contributed by atoms with Crippen LogP contribution in [0.15, 0.2) is 36.5 Å². The Balaban J connectivity index is 1.86. The van der Waals surface area contributed by atoms with Crippen molar-refractivity contribution in [2.75, 3.05) is 5.32 Å². The summed E-state index contributed by atoms with van der Waals surface area (Å²) in [6, 6.07) is 11.1. The number of benzene rings is 1. The summed E-state index contributed by atoms with van der Waals surface area (Å²) in [6.07, 6.45) is 7.26. The molecule has 0 aliphatic heterocycles. The zero-order chi connectivity index (χ0) is 10.8. The zero-order valence-electron chi connectivity index (χ0n) is 9.32. The van der Waals surface area contributed by atoms with Crippen LogP contribution in [0, 0.1) is 0 Å². The van der Waals surface area contributed by atoms with Gasteiger partial charge in [0.05, 0.1) is 17.4 Å². The Labute approximate surface area is 95.7 Å². The van der Waals surface area contributed by atoms with Crippen LogP contribution < -0.4 is 5.32 Å². The fourth-order valence-corrected chi connectivity index (χ4v) is 2.46. The van der Waals surface area contributed by atoms with Crippen LogP contribution in [-0.4, -0.2) is 11.0 Å². The molecule has 16 heavy (non-hydrogen) atoms. The van der Waals surface area contributed by atoms with E-state index in [1.165, 1.54) is 31.1 Å². The van der Waals surface area contributed by atoms with E-state index >= 15 is 0 Å². The lowest BCUT2D eigenvalue weighted by Gasteiger charge is -2.13. The van der Waals surface area contributed by atoms with E-state index in [9.17, 15) is 0 Å². The van der Waals surface area contributed by atoms with Crippen molar-refractivity contribution in [2.24, 2.45) is 0 Å². The molecule has 0 atom stereocenters. The molecule has 0 amide bonds. The topological polar surface area (TPSA) is 24.9 Å². The molecule has 1 saturated carbocycles. The van der Waals surface area contributed by atoms with Gasteiger partial charge in [0, 0.05) is 11.4 Å². The summed E-state index contributed by atoms with van der Waals surface area (Å²) in [5.41, 5.74) is 2.23. The number of nitrogens with zero attached hydrogens (tertiary/aromatic N) is 1. The molecule has 1 aromatic carbocycles. The van der Waals surface area contributed by atoms with Gasteiger partial charge < -0.3 is 5.32 Å². The number of anilines is 1. The smallest absolute Gasteiger partial charge is 0.0703 e. The summed E-state index contributed by atoms with van der Waals surface area (Å²) in [5.74, 6) is 0. The molecule has 0 radical (unpaired) electrons. The molecule has 3 rings (SSSR count). The van der Waals surface area contributed by atoms with Crippen LogP contribution in [0.3, 0.4) is 0 Å². The molecule has 2 nitrogen and oxygen atoms in total. The standard InChI is InChI=1S/C14H16N2/c1-4-8-14-11(5-1)9-13(10-15-14)16-12-6-2-3-7-12/h1,4-5,8-10,12,16H,2-3,6-7H2. The maximum Gasteiger partial charge on any atom is 0.0703 e. The van der Waals surface area contributed by atoms with Crippen LogP contribution in [0.2, 0.25) is 0 Å². The van der Waals surface area contributed by atoms with Crippen molar-refractivity contribution >= 4 is 16.6 Å². The number of nitrogens with one attached hydrogen (secondary N) is 1. The highest BCUT2D eigenvalue weighted by atomic mass is 14.9. The van der Waals surface area contributed by atoms with Crippen molar-refractivity contribution in [3.63, 3.8) is 0 Å². The lowest BCUT2D eigenvalue weighted by Crippen LogP contribution is -2.14. The average molecular weight is 212 g/mol. The van der Waals surface area contributed by atoms with E-state index in [2.05, 4.69) is 34.6 Å². The van der Waals surface area contributed by atoms with E-state index in [4.69, 9.17) is 0 Å². The van der Waals surface area contributed by atoms with Crippen molar-refractivity contribution in [2.45, 2.75) is 31.7 Å². The Bertz CT molecular complexity index is 487. The monoisotopic (exact) mass is 212 g/mol. The molecule has 2 heteroatoms. The third-order valence-electron chi connectivity index (χ3n) is 3.32.